The van der Waals surface area contributed by atoms with Gasteiger partial charge >= 0.3 is 5.69 Å². The molecule has 3 rings (SSSR count). The lowest BCUT2D eigenvalue weighted by atomic mass is 10.1. The summed E-state index contributed by atoms with van der Waals surface area (Å²) in [5, 5.41) is 15.2. The second-order valence-corrected chi connectivity index (χ2v) is 5.39. The van der Waals surface area contributed by atoms with Gasteiger partial charge in [0.1, 0.15) is 11.4 Å². The van der Waals surface area contributed by atoms with Gasteiger partial charge in [0.2, 0.25) is 5.88 Å². The lowest BCUT2D eigenvalue weighted by Gasteiger charge is -2.11. The number of nitrogens with one attached hydrogen (secondary N) is 1. The fraction of sp³-hybridized carbons (Fsp3) is 0.125. The summed E-state index contributed by atoms with van der Waals surface area (Å²) in [4.78, 5) is 38.0. The number of aromatic nitrogens is 2. The van der Waals surface area contributed by atoms with E-state index in [0.717, 1.165) is 15.7 Å². The molecule has 0 aliphatic carbocycles. The van der Waals surface area contributed by atoms with Crippen molar-refractivity contribution in [3.63, 3.8) is 0 Å². The molecule has 2 heterocycles. The third-order valence-electron chi connectivity index (χ3n) is 3.75. The number of hydrogen-bond acceptors (Lipinski definition) is 5. The first-order chi connectivity index (χ1) is 11.8. The Bertz CT molecular complexity index is 1050. The molecular weight excluding hydrogens is 331 g/mol. The summed E-state index contributed by atoms with van der Waals surface area (Å²) >= 11 is 0. The SMILES string of the molecule is CC1=NN(c2ccc(F)cc2)C(=O)/C1=C\c1c(O)n(C)c(=O)[nH]c1=O. The number of benzene rings is 1. The van der Waals surface area contributed by atoms with Crippen molar-refractivity contribution in [3.05, 3.63) is 62.1 Å². The van der Waals surface area contributed by atoms with Crippen LogP contribution in [0.15, 0.2) is 44.5 Å². The van der Waals surface area contributed by atoms with Gasteiger partial charge in [-0.05, 0) is 37.3 Å². The summed E-state index contributed by atoms with van der Waals surface area (Å²) in [5.41, 5.74) is -1.10. The van der Waals surface area contributed by atoms with Crippen molar-refractivity contribution in [2.24, 2.45) is 12.1 Å². The van der Waals surface area contributed by atoms with Crippen molar-refractivity contribution < 1.29 is 14.3 Å². The molecule has 0 spiro atoms. The minimum absolute atomic E-state index is 0.0729. The standard InChI is InChI=1S/C16H13FN4O4/c1-8-11(7-12-13(22)18-16(25)20(2)14(12)23)15(24)21(19-8)10-5-3-9(17)4-6-10/h3-7,23H,1-2H3,(H,18,22,25)/b11-7-. The van der Waals surface area contributed by atoms with Gasteiger partial charge in [0.25, 0.3) is 11.5 Å². The number of H-pyrrole nitrogens is 1. The number of carbonyl (C=O) groups is 1. The van der Waals surface area contributed by atoms with Gasteiger partial charge in [0.05, 0.1) is 17.0 Å². The van der Waals surface area contributed by atoms with E-state index in [1.165, 1.54) is 31.3 Å². The maximum atomic E-state index is 13.0. The van der Waals surface area contributed by atoms with Gasteiger partial charge in [-0.1, -0.05) is 0 Å². The topological polar surface area (TPSA) is 108 Å². The maximum Gasteiger partial charge on any atom is 0.330 e. The summed E-state index contributed by atoms with van der Waals surface area (Å²) in [5.74, 6) is -1.56. The van der Waals surface area contributed by atoms with Gasteiger partial charge < -0.3 is 5.11 Å². The first kappa shape index (κ1) is 16.4. The van der Waals surface area contributed by atoms with E-state index in [1.807, 2.05) is 4.98 Å². The second kappa shape index (κ2) is 5.86. The first-order valence-electron chi connectivity index (χ1n) is 7.19. The number of carbonyl (C=O) groups excluding carboxylic acids is 1. The van der Waals surface area contributed by atoms with E-state index in [1.54, 1.807) is 6.92 Å². The van der Waals surface area contributed by atoms with E-state index in [0.29, 0.717) is 11.4 Å². The molecular formula is C16H13FN4O4. The predicted octanol–water partition coefficient (Wildman–Crippen LogP) is 0.724. The Kier molecular flexibility index (Phi) is 3.84. The van der Waals surface area contributed by atoms with E-state index < -0.39 is 28.9 Å². The van der Waals surface area contributed by atoms with E-state index in [9.17, 15) is 23.9 Å². The summed E-state index contributed by atoms with van der Waals surface area (Å²) in [6, 6.07) is 5.17. The Morgan fingerprint density at radius 1 is 1.20 bits per heavy atom. The van der Waals surface area contributed by atoms with Crippen LogP contribution in [0.5, 0.6) is 5.88 Å². The summed E-state index contributed by atoms with van der Waals surface area (Å²) in [7, 11) is 1.28. The second-order valence-electron chi connectivity index (χ2n) is 5.39. The van der Waals surface area contributed by atoms with E-state index in [2.05, 4.69) is 5.10 Å². The number of hydrogen-bond donors (Lipinski definition) is 2. The highest BCUT2D eigenvalue weighted by Crippen LogP contribution is 2.25. The van der Waals surface area contributed by atoms with Gasteiger partial charge in [-0.2, -0.15) is 10.1 Å². The molecule has 1 aliphatic rings. The Balaban J connectivity index is 2.07. The highest BCUT2D eigenvalue weighted by Gasteiger charge is 2.29. The van der Waals surface area contributed by atoms with Crippen molar-refractivity contribution in [1.29, 1.82) is 0 Å². The average molecular weight is 344 g/mol. The Hall–Kier alpha value is -3.49. The number of hydrazone groups is 1. The van der Waals surface area contributed by atoms with Crippen LogP contribution >= 0.6 is 0 Å². The van der Waals surface area contributed by atoms with Crippen molar-refractivity contribution in [1.82, 2.24) is 9.55 Å². The number of amides is 1. The van der Waals surface area contributed by atoms with Crippen molar-refractivity contribution >= 4 is 23.4 Å². The Labute approximate surface area is 140 Å². The smallest absolute Gasteiger partial charge is 0.330 e. The molecule has 1 aromatic heterocycles. The lowest BCUT2D eigenvalue weighted by Crippen LogP contribution is -2.30. The molecule has 0 bridgehead atoms. The quantitative estimate of drug-likeness (QED) is 0.783. The van der Waals surface area contributed by atoms with Crippen LogP contribution in [-0.4, -0.2) is 26.3 Å². The monoisotopic (exact) mass is 344 g/mol. The number of aromatic amines is 1. The molecule has 1 aliphatic heterocycles. The molecule has 2 N–H and O–H groups in total. The minimum Gasteiger partial charge on any atom is -0.494 e. The molecule has 8 nitrogen and oxygen atoms in total. The first-order valence-corrected chi connectivity index (χ1v) is 7.19. The normalized spacial score (nSPS) is 15.8. The van der Waals surface area contributed by atoms with Gasteiger partial charge in [-0.15, -0.1) is 0 Å². The zero-order valence-electron chi connectivity index (χ0n) is 13.3. The van der Waals surface area contributed by atoms with Gasteiger partial charge in [-0.25, -0.2) is 9.18 Å². The van der Waals surface area contributed by atoms with Crippen LogP contribution in [0.25, 0.3) is 6.08 Å². The van der Waals surface area contributed by atoms with Crippen LogP contribution in [0.4, 0.5) is 10.1 Å². The number of anilines is 1. The average Bonchev–Trinajstić information content (AvgIpc) is 2.85. The zero-order chi connectivity index (χ0) is 18.3. The summed E-state index contributed by atoms with van der Waals surface area (Å²) in [6.07, 6.45) is 1.16. The van der Waals surface area contributed by atoms with Crippen molar-refractivity contribution in [3.8, 4) is 5.88 Å². The number of rotatable bonds is 2. The van der Waals surface area contributed by atoms with Crippen LogP contribution in [0.2, 0.25) is 0 Å². The van der Waals surface area contributed by atoms with Gasteiger partial charge in [-0.3, -0.25) is 19.1 Å². The highest BCUT2D eigenvalue weighted by molar-refractivity contribution is 6.32. The van der Waals surface area contributed by atoms with E-state index >= 15 is 0 Å². The molecule has 0 unspecified atom stereocenters. The molecule has 1 aromatic carbocycles. The van der Waals surface area contributed by atoms with Crippen molar-refractivity contribution in [2.75, 3.05) is 5.01 Å². The number of halogens is 1. The molecule has 0 radical (unpaired) electrons. The maximum absolute atomic E-state index is 13.0. The van der Waals surface area contributed by atoms with Crippen LogP contribution < -0.4 is 16.3 Å². The van der Waals surface area contributed by atoms with Gasteiger partial charge in [0, 0.05) is 7.05 Å². The third kappa shape index (κ3) is 2.75. The molecule has 0 atom stereocenters. The minimum atomic E-state index is -0.825. The largest absolute Gasteiger partial charge is 0.494 e. The highest BCUT2D eigenvalue weighted by atomic mass is 19.1. The van der Waals surface area contributed by atoms with Crippen molar-refractivity contribution in [2.45, 2.75) is 6.92 Å². The van der Waals surface area contributed by atoms with E-state index in [-0.39, 0.29) is 11.1 Å². The molecule has 0 fully saturated rings. The van der Waals surface area contributed by atoms with Crippen LogP contribution in [0, 0.1) is 5.82 Å². The molecule has 0 saturated carbocycles. The molecule has 1 amide bonds. The summed E-state index contributed by atoms with van der Waals surface area (Å²) in [6.45, 7) is 1.56. The predicted molar refractivity (Wildman–Crippen MR) is 88.9 cm³/mol. The molecule has 128 valence electrons. The van der Waals surface area contributed by atoms with E-state index in [4.69, 9.17) is 0 Å². The number of aromatic hydroxyl groups is 1. The third-order valence-corrected chi connectivity index (χ3v) is 3.75. The Morgan fingerprint density at radius 3 is 2.48 bits per heavy atom. The number of nitrogens with zero attached hydrogens (tertiary/aromatic N) is 3. The molecule has 9 heteroatoms. The van der Waals surface area contributed by atoms with Gasteiger partial charge in [0.15, 0.2) is 0 Å². The zero-order valence-corrected chi connectivity index (χ0v) is 13.3. The summed E-state index contributed by atoms with van der Waals surface area (Å²) < 4.78 is 13.9. The Morgan fingerprint density at radius 2 is 1.84 bits per heavy atom. The fourth-order valence-electron chi connectivity index (χ4n) is 2.34. The molecule has 0 saturated heterocycles. The van der Waals surface area contributed by atoms with Crippen LogP contribution in [0.1, 0.15) is 12.5 Å². The lowest BCUT2D eigenvalue weighted by molar-refractivity contribution is -0.114. The molecule has 25 heavy (non-hydrogen) atoms. The van der Waals surface area contributed by atoms with Crippen LogP contribution in [-0.2, 0) is 11.8 Å². The molecule has 2 aromatic rings. The fourth-order valence-corrected chi connectivity index (χ4v) is 2.34. The van der Waals surface area contributed by atoms with Crippen LogP contribution in [0.3, 0.4) is 0 Å².